The first-order valence-electron chi connectivity index (χ1n) is 9.92. The predicted molar refractivity (Wildman–Crippen MR) is 125 cm³/mol. The topological polar surface area (TPSA) is 107 Å². The van der Waals surface area contributed by atoms with Gasteiger partial charge in [-0.05, 0) is 54.6 Å². The molecular formula is C24H21N3O5S. The molecule has 0 bridgehead atoms. The third-order valence-corrected chi connectivity index (χ3v) is 5.85. The zero-order valence-electron chi connectivity index (χ0n) is 17.9. The molecule has 4 aromatic rings. The molecule has 0 aliphatic carbocycles. The van der Waals surface area contributed by atoms with Crippen LogP contribution in [0.5, 0.6) is 23.0 Å². The Bertz CT molecular complexity index is 1290. The van der Waals surface area contributed by atoms with E-state index >= 15 is 0 Å². The van der Waals surface area contributed by atoms with Crippen LogP contribution in [-0.4, -0.2) is 50.7 Å². The number of nitrogens with zero attached hydrogens (tertiary/aromatic N) is 3. The molecule has 0 spiro atoms. The minimum Gasteiger partial charge on any atom is -0.504 e. The monoisotopic (exact) mass is 463 g/mol. The number of ether oxygens (including phenoxy) is 2. The Balaban J connectivity index is 1.69. The highest BCUT2D eigenvalue weighted by atomic mass is 32.2. The highest BCUT2D eigenvalue weighted by molar-refractivity contribution is 7.99. The van der Waals surface area contributed by atoms with Crippen molar-refractivity contribution in [1.29, 1.82) is 0 Å². The van der Waals surface area contributed by atoms with Crippen LogP contribution in [0.2, 0.25) is 0 Å². The molecule has 168 valence electrons. The number of carbonyl (C=O) groups is 1. The number of hydrogen-bond acceptors (Lipinski definition) is 8. The van der Waals surface area contributed by atoms with Crippen LogP contribution in [0, 0.1) is 0 Å². The van der Waals surface area contributed by atoms with E-state index in [0.717, 1.165) is 11.3 Å². The summed E-state index contributed by atoms with van der Waals surface area (Å²) in [4.78, 5) is 12.7. The smallest absolute Gasteiger partial charge is 0.196 e. The maximum Gasteiger partial charge on any atom is 0.196 e. The summed E-state index contributed by atoms with van der Waals surface area (Å²) in [6, 6.07) is 18.9. The zero-order valence-corrected chi connectivity index (χ0v) is 18.7. The Morgan fingerprint density at radius 2 is 1.67 bits per heavy atom. The summed E-state index contributed by atoms with van der Waals surface area (Å²) < 4.78 is 12.5. The summed E-state index contributed by atoms with van der Waals surface area (Å²) in [6.45, 7) is 0. The van der Waals surface area contributed by atoms with Gasteiger partial charge in [-0.3, -0.25) is 9.36 Å². The van der Waals surface area contributed by atoms with Gasteiger partial charge >= 0.3 is 0 Å². The number of phenols is 2. The van der Waals surface area contributed by atoms with E-state index in [9.17, 15) is 15.0 Å². The fourth-order valence-electron chi connectivity index (χ4n) is 3.19. The van der Waals surface area contributed by atoms with Gasteiger partial charge in [-0.15, -0.1) is 10.2 Å². The van der Waals surface area contributed by atoms with Crippen LogP contribution in [0.4, 0.5) is 0 Å². The number of phenolic OH excluding ortho intramolecular Hbond substituents is 2. The van der Waals surface area contributed by atoms with Crippen LogP contribution < -0.4 is 9.47 Å². The van der Waals surface area contributed by atoms with Crippen molar-refractivity contribution in [3.63, 3.8) is 0 Å². The number of rotatable bonds is 8. The van der Waals surface area contributed by atoms with Gasteiger partial charge in [-0.25, -0.2) is 0 Å². The van der Waals surface area contributed by atoms with Gasteiger partial charge in [0.1, 0.15) is 11.5 Å². The molecule has 4 rings (SSSR count). The Labute approximate surface area is 194 Å². The highest BCUT2D eigenvalue weighted by Gasteiger charge is 2.19. The number of Topliss-reactive ketones (excluding diaryl/α,β-unsaturated/α-hetero) is 1. The summed E-state index contributed by atoms with van der Waals surface area (Å²) in [7, 11) is 3.20. The standard InChI is InChI=1S/C24H21N3O5S/c1-31-18-9-7-17(8-10-18)27-23(16-4-3-5-19(12-16)32-2)25-26-24(27)33-14-22(30)15-6-11-20(28)21(29)13-15/h3-13,28-29H,14H2,1-2H3. The zero-order chi connectivity index (χ0) is 23.4. The first-order chi connectivity index (χ1) is 16.0. The number of aromatic nitrogens is 3. The molecule has 0 aliphatic rings. The maximum atomic E-state index is 12.7. The number of thioether (sulfide) groups is 1. The molecule has 0 unspecified atom stereocenters. The summed E-state index contributed by atoms with van der Waals surface area (Å²) in [5.41, 5.74) is 1.90. The van der Waals surface area contributed by atoms with Gasteiger partial charge in [-0.1, -0.05) is 23.9 Å². The summed E-state index contributed by atoms with van der Waals surface area (Å²) in [5, 5.41) is 28.4. The molecule has 0 aliphatic heterocycles. The van der Waals surface area contributed by atoms with Crippen LogP contribution in [-0.2, 0) is 0 Å². The lowest BCUT2D eigenvalue weighted by molar-refractivity contribution is 0.102. The van der Waals surface area contributed by atoms with Gasteiger partial charge in [0, 0.05) is 16.8 Å². The summed E-state index contributed by atoms with van der Waals surface area (Å²) >= 11 is 1.22. The van der Waals surface area contributed by atoms with E-state index in [2.05, 4.69) is 10.2 Å². The Kier molecular flexibility index (Phi) is 6.50. The van der Waals surface area contributed by atoms with E-state index in [0.29, 0.717) is 28.0 Å². The van der Waals surface area contributed by atoms with Crippen LogP contribution >= 0.6 is 11.8 Å². The van der Waals surface area contributed by atoms with E-state index in [1.54, 1.807) is 14.2 Å². The Morgan fingerprint density at radius 1 is 0.909 bits per heavy atom. The van der Waals surface area contributed by atoms with Crippen molar-refractivity contribution in [2.45, 2.75) is 5.16 Å². The van der Waals surface area contributed by atoms with Crippen molar-refractivity contribution in [2.24, 2.45) is 0 Å². The molecular weight excluding hydrogens is 442 g/mol. The van der Waals surface area contributed by atoms with Gasteiger partial charge < -0.3 is 19.7 Å². The van der Waals surface area contributed by atoms with Crippen molar-refractivity contribution in [1.82, 2.24) is 14.8 Å². The van der Waals surface area contributed by atoms with Gasteiger partial charge in [0.05, 0.1) is 20.0 Å². The average molecular weight is 464 g/mol. The van der Waals surface area contributed by atoms with E-state index in [4.69, 9.17) is 9.47 Å². The van der Waals surface area contributed by atoms with Crippen molar-refractivity contribution < 1.29 is 24.5 Å². The third-order valence-electron chi connectivity index (χ3n) is 4.92. The minimum absolute atomic E-state index is 0.0661. The van der Waals surface area contributed by atoms with Crippen LogP contribution in [0.1, 0.15) is 10.4 Å². The van der Waals surface area contributed by atoms with Gasteiger partial charge in [-0.2, -0.15) is 0 Å². The second-order valence-corrected chi connectivity index (χ2v) is 7.93. The highest BCUT2D eigenvalue weighted by Crippen LogP contribution is 2.31. The largest absolute Gasteiger partial charge is 0.504 e. The molecule has 0 atom stereocenters. The predicted octanol–water partition coefficient (Wildman–Crippen LogP) is 4.34. The maximum absolute atomic E-state index is 12.7. The molecule has 1 heterocycles. The lowest BCUT2D eigenvalue weighted by atomic mass is 10.1. The summed E-state index contributed by atoms with van der Waals surface area (Å²) in [6.07, 6.45) is 0. The Hall–Kier alpha value is -3.98. The molecule has 8 nitrogen and oxygen atoms in total. The number of methoxy groups -OCH3 is 2. The molecule has 33 heavy (non-hydrogen) atoms. The van der Waals surface area contributed by atoms with Crippen molar-refractivity contribution in [3.05, 3.63) is 72.3 Å². The van der Waals surface area contributed by atoms with E-state index < -0.39 is 0 Å². The normalized spacial score (nSPS) is 10.7. The molecule has 0 saturated carbocycles. The lowest BCUT2D eigenvalue weighted by Gasteiger charge is -2.12. The SMILES string of the molecule is COc1ccc(-n2c(SCC(=O)c3ccc(O)c(O)c3)nnc2-c2cccc(OC)c2)cc1. The lowest BCUT2D eigenvalue weighted by Crippen LogP contribution is -2.05. The van der Waals surface area contributed by atoms with E-state index in [-0.39, 0.29) is 23.0 Å². The second-order valence-electron chi connectivity index (χ2n) is 6.99. The molecule has 1 aromatic heterocycles. The molecule has 2 N–H and O–H groups in total. The van der Waals surface area contributed by atoms with Gasteiger partial charge in [0.15, 0.2) is 28.3 Å². The molecule has 0 saturated heterocycles. The average Bonchev–Trinajstić information content (AvgIpc) is 3.28. The first-order valence-corrected chi connectivity index (χ1v) is 10.9. The Morgan fingerprint density at radius 3 is 2.36 bits per heavy atom. The molecule has 0 fully saturated rings. The second kappa shape index (κ2) is 9.66. The molecule has 0 amide bonds. The minimum atomic E-state index is -0.340. The van der Waals surface area contributed by atoms with Crippen LogP contribution in [0.25, 0.3) is 17.1 Å². The molecule has 9 heteroatoms. The number of hydrogen-bond donors (Lipinski definition) is 2. The number of benzene rings is 3. The molecule has 3 aromatic carbocycles. The fourth-order valence-corrected chi connectivity index (χ4v) is 4.03. The summed E-state index contributed by atoms with van der Waals surface area (Å²) in [5.74, 6) is 1.23. The number of ketones is 1. The number of carbonyl (C=O) groups excluding carboxylic acids is 1. The van der Waals surface area contributed by atoms with Crippen molar-refractivity contribution in [2.75, 3.05) is 20.0 Å². The molecule has 0 radical (unpaired) electrons. The van der Waals surface area contributed by atoms with E-state index in [1.165, 1.54) is 30.0 Å². The van der Waals surface area contributed by atoms with Crippen LogP contribution in [0.3, 0.4) is 0 Å². The number of aromatic hydroxyl groups is 2. The third kappa shape index (κ3) is 4.78. The first kappa shape index (κ1) is 22.2. The van der Waals surface area contributed by atoms with Crippen molar-refractivity contribution >= 4 is 17.5 Å². The van der Waals surface area contributed by atoms with Gasteiger partial charge in [0.25, 0.3) is 0 Å². The fraction of sp³-hybridized carbons (Fsp3) is 0.125. The van der Waals surface area contributed by atoms with E-state index in [1.807, 2.05) is 53.1 Å². The quantitative estimate of drug-likeness (QED) is 0.226. The van der Waals surface area contributed by atoms with Crippen LogP contribution in [0.15, 0.2) is 71.9 Å². The van der Waals surface area contributed by atoms with Gasteiger partial charge in [0.2, 0.25) is 0 Å². The van der Waals surface area contributed by atoms with Crippen molar-refractivity contribution in [3.8, 4) is 40.1 Å².